The molecule has 0 spiro atoms. The molecule has 1 saturated carbocycles. The highest BCUT2D eigenvalue weighted by Crippen LogP contribution is 2.27. The second-order valence-electron chi connectivity index (χ2n) is 5.52. The number of carboxylic acid groups (broad SMARTS) is 1. The van der Waals surface area contributed by atoms with Crippen LogP contribution in [0, 0.1) is 5.92 Å². The Labute approximate surface area is 116 Å². The lowest BCUT2D eigenvalue weighted by molar-refractivity contribution is 0.0612. The first-order valence-electron chi connectivity index (χ1n) is 7.01. The van der Waals surface area contributed by atoms with Crippen molar-refractivity contribution in [1.29, 1.82) is 0 Å². The van der Waals surface area contributed by atoms with Gasteiger partial charge in [-0.1, -0.05) is 12.8 Å². The highest BCUT2D eigenvalue weighted by molar-refractivity contribution is 5.92. The van der Waals surface area contributed by atoms with E-state index in [-0.39, 0.29) is 17.6 Å². The molecule has 5 heteroatoms. The van der Waals surface area contributed by atoms with Gasteiger partial charge in [-0.05, 0) is 31.0 Å². The van der Waals surface area contributed by atoms with Crippen LogP contribution in [0.1, 0.15) is 36.0 Å². The minimum Gasteiger partial charge on any atom is -0.478 e. The molecule has 1 aromatic carbocycles. The van der Waals surface area contributed by atoms with Crippen molar-refractivity contribution in [3.05, 3.63) is 30.1 Å². The van der Waals surface area contributed by atoms with Crippen LogP contribution in [-0.2, 0) is 6.54 Å². The Morgan fingerprint density at radius 1 is 1.35 bits per heavy atom. The molecule has 2 N–H and O–H groups in total. The van der Waals surface area contributed by atoms with E-state index in [1.54, 1.807) is 24.5 Å². The molecule has 0 saturated heterocycles. The fourth-order valence-electron chi connectivity index (χ4n) is 2.99. The summed E-state index contributed by atoms with van der Waals surface area (Å²) < 4.78 is 1.96. The Morgan fingerprint density at radius 2 is 2.15 bits per heavy atom. The summed E-state index contributed by atoms with van der Waals surface area (Å²) in [7, 11) is 0. The lowest BCUT2D eigenvalue weighted by Crippen LogP contribution is -2.28. The van der Waals surface area contributed by atoms with Crippen LogP contribution in [0.5, 0.6) is 0 Å². The van der Waals surface area contributed by atoms with Gasteiger partial charge in [0.15, 0.2) is 0 Å². The maximum absolute atomic E-state index is 11.1. The van der Waals surface area contributed by atoms with E-state index in [1.807, 2.05) is 4.57 Å². The first-order chi connectivity index (χ1) is 9.65. The fraction of sp³-hybridized carbons (Fsp3) is 0.467. The molecule has 106 valence electrons. The van der Waals surface area contributed by atoms with Gasteiger partial charge in [-0.3, -0.25) is 0 Å². The van der Waals surface area contributed by atoms with Crippen LogP contribution in [-0.4, -0.2) is 31.8 Å². The molecule has 2 unspecified atom stereocenters. The van der Waals surface area contributed by atoms with Gasteiger partial charge in [-0.2, -0.15) is 0 Å². The van der Waals surface area contributed by atoms with E-state index >= 15 is 0 Å². The molecule has 0 radical (unpaired) electrons. The van der Waals surface area contributed by atoms with Crippen LogP contribution in [0.25, 0.3) is 11.0 Å². The Kier molecular flexibility index (Phi) is 3.44. The number of nitrogens with zero attached hydrogens (tertiary/aromatic N) is 2. The van der Waals surface area contributed by atoms with Crippen LogP contribution < -0.4 is 0 Å². The maximum atomic E-state index is 11.1. The standard InChI is InChI=1S/C15H18N2O3/c18-14-4-2-1-3-11(14)8-17-9-16-12-6-5-10(15(19)20)7-13(12)17/h5-7,9,11,14,18H,1-4,8H2,(H,19,20). The third kappa shape index (κ3) is 2.41. The molecule has 20 heavy (non-hydrogen) atoms. The zero-order valence-electron chi connectivity index (χ0n) is 11.2. The van der Waals surface area contributed by atoms with Gasteiger partial charge in [0, 0.05) is 12.5 Å². The van der Waals surface area contributed by atoms with Gasteiger partial charge >= 0.3 is 5.97 Å². The van der Waals surface area contributed by atoms with Crippen LogP contribution in [0.2, 0.25) is 0 Å². The predicted octanol–water partition coefficient (Wildman–Crippen LogP) is 2.29. The Bertz CT molecular complexity index is 635. The number of carboxylic acids is 1. The highest BCUT2D eigenvalue weighted by Gasteiger charge is 2.23. The number of hydrogen-bond acceptors (Lipinski definition) is 3. The molecular weight excluding hydrogens is 256 g/mol. The molecule has 0 amide bonds. The molecule has 1 aliphatic carbocycles. The zero-order chi connectivity index (χ0) is 14.1. The summed E-state index contributed by atoms with van der Waals surface area (Å²) in [5.74, 6) is -0.702. The molecule has 0 bridgehead atoms. The molecule has 1 fully saturated rings. The topological polar surface area (TPSA) is 75.3 Å². The van der Waals surface area contributed by atoms with Crippen LogP contribution in [0.4, 0.5) is 0 Å². The molecular formula is C15H18N2O3. The zero-order valence-corrected chi connectivity index (χ0v) is 11.2. The maximum Gasteiger partial charge on any atom is 0.335 e. The summed E-state index contributed by atoms with van der Waals surface area (Å²) in [4.78, 5) is 15.3. The molecule has 1 aliphatic rings. The van der Waals surface area contributed by atoms with Crippen molar-refractivity contribution >= 4 is 17.0 Å². The predicted molar refractivity (Wildman–Crippen MR) is 74.7 cm³/mol. The molecule has 5 nitrogen and oxygen atoms in total. The molecule has 1 aromatic heterocycles. The second kappa shape index (κ2) is 5.25. The van der Waals surface area contributed by atoms with Gasteiger partial charge in [-0.15, -0.1) is 0 Å². The molecule has 0 aliphatic heterocycles. The van der Waals surface area contributed by atoms with E-state index in [0.29, 0.717) is 6.54 Å². The monoisotopic (exact) mass is 274 g/mol. The largest absolute Gasteiger partial charge is 0.478 e. The Hall–Kier alpha value is -1.88. The number of imidazole rings is 1. The van der Waals surface area contributed by atoms with Crippen molar-refractivity contribution in [2.75, 3.05) is 0 Å². The van der Waals surface area contributed by atoms with Crippen molar-refractivity contribution < 1.29 is 15.0 Å². The minimum absolute atomic E-state index is 0.231. The van der Waals surface area contributed by atoms with Crippen molar-refractivity contribution in [3.8, 4) is 0 Å². The number of fused-ring (bicyclic) bond motifs is 1. The fourth-order valence-corrected chi connectivity index (χ4v) is 2.99. The number of aliphatic hydroxyl groups excluding tert-OH is 1. The third-order valence-corrected chi connectivity index (χ3v) is 4.17. The molecule has 2 atom stereocenters. The first kappa shape index (κ1) is 13.1. The van der Waals surface area contributed by atoms with E-state index < -0.39 is 5.97 Å². The highest BCUT2D eigenvalue weighted by atomic mass is 16.4. The third-order valence-electron chi connectivity index (χ3n) is 4.17. The summed E-state index contributed by atoms with van der Waals surface area (Å²) in [6.07, 6.45) is 5.58. The number of aromatic carboxylic acids is 1. The van der Waals surface area contributed by atoms with Crippen molar-refractivity contribution in [1.82, 2.24) is 9.55 Å². The van der Waals surface area contributed by atoms with Gasteiger partial charge < -0.3 is 14.8 Å². The SMILES string of the molecule is O=C(O)c1ccc2ncn(CC3CCCCC3O)c2c1. The van der Waals surface area contributed by atoms with Crippen LogP contribution >= 0.6 is 0 Å². The lowest BCUT2D eigenvalue weighted by atomic mass is 9.86. The minimum atomic E-state index is -0.933. The smallest absolute Gasteiger partial charge is 0.335 e. The molecule has 3 rings (SSSR count). The number of benzene rings is 1. The van der Waals surface area contributed by atoms with Gasteiger partial charge in [0.05, 0.1) is 29.0 Å². The average Bonchev–Trinajstić information content (AvgIpc) is 2.84. The first-order valence-corrected chi connectivity index (χ1v) is 7.01. The Morgan fingerprint density at radius 3 is 2.90 bits per heavy atom. The lowest BCUT2D eigenvalue weighted by Gasteiger charge is -2.27. The summed E-state index contributed by atoms with van der Waals surface area (Å²) in [6.45, 7) is 0.695. The van der Waals surface area contributed by atoms with E-state index in [0.717, 1.165) is 36.7 Å². The van der Waals surface area contributed by atoms with E-state index in [4.69, 9.17) is 5.11 Å². The van der Waals surface area contributed by atoms with Gasteiger partial charge in [-0.25, -0.2) is 9.78 Å². The quantitative estimate of drug-likeness (QED) is 0.900. The van der Waals surface area contributed by atoms with Crippen molar-refractivity contribution in [2.24, 2.45) is 5.92 Å². The van der Waals surface area contributed by atoms with Crippen molar-refractivity contribution in [2.45, 2.75) is 38.3 Å². The number of rotatable bonds is 3. The number of hydrogen-bond donors (Lipinski definition) is 2. The van der Waals surface area contributed by atoms with E-state index in [2.05, 4.69) is 4.98 Å². The number of aromatic nitrogens is 2. The summed E-state index contributed by atoms with van der Waals surface area (Å²) in [5.41, 5.74) is 1.88. The Balaban J connectivity index is 1.90. The van der Waals surface area contributed by atoms with Gasteiger partial charge in [0.1, 0.15) is 0 Å². The second-order valence-corrected chi connectivity index (χ2v) is 5.52. The van der Waals surface area contributed by atoms with Crippen LogP contribution in [0.15, 0.2) is 24.5 Å². The molecule has 1 heterocycles. The summed E-state index contributed by atoms with van der Waals surface area (Å²) in [6, 6.07) is 4.95. The van der Waals surface area contributed by atoms with Gasteiger partial charge in [0.2, 0.25) is 0 Å². The normalized spacial score (nSPS) is 23.1. The molecule has 2 aromatic rings. The summed E-state index contributed by atoms with van der Waals surface area (Å²) >= 11 is 0. The summed E-state index contributed by atoms with van der Waals surface area (Å²) in [5, 5.41) is 19.1. The van der Waals surface area contributed by atoms with E-state index in [9.17, 15) is 9.90 Å². The number of carbonyl (C=O) groups is 1. The van der Waals surface area contributed by atoms with E-state index in [1.165, 1.54) is 0 Å². The average molecular weight is 274 g/mol. The van der Waals surface area contributed by atoms with Crippen LogP contribution in [0.3, 0.4) is 0 Å². The van der Waals surface area contributed by atoms with Crippen molar-refractivity contribution in [3.63, 3.8) is 0 Å². The number of aliphatic hydroxyl groups is 1. The van der Waals surface area contributed by atoms with Gasteiger partial charge in [0.25, 0.3) is 0 Å².